The summed E-state index contributed by atoms with van der Waals surface area (Å²) in [7, 11) is 1.61. The molecule has 0 heterocycles. The lowest BCUT2D eigenvalue weighted by Gasteiger charge is -2.10. The van der Waals surface area contributed by atoms with Crippen molar-refractivity contribution in [2.45, 2.75) is 32.2 Å². The molecule has 116 valence electrons. The molecular weight excluding hydrogens is 262 g/mol. The van der Waals surface area contributed by atoms with E-state index in [0.717, 1.165) is 12.8 Å². The summed E-state index contributed by atoms with van der Waals surface area (Å²) in [5.41, 5.74) is 11.5. The molecule has 0 aromatic heterocycles. The van der Waals surface area contributed by atoms with Gasteiger partial charge in [0.1, 0.15) is 12.4 Å². The van der Waals surface area contributed by atoms with Crippen molar-refractivity contribution in [3.63, 3.8) is 0 Å². The number of alkyl carbamates (subject to hydrolysis) is 1. The van der Waals surface area contributed by atoms with Crippen LogP contribution in [-0.2, 0) is 9.53 Å². The zero-order chi connectivity index (χ0) is 15.5. The maximum Gasteiger partial charge on any atom is 0.407 e. The minimum atomic E-state index is -0.545. The highest BCUT2D eigenvalue weighted by molar-refractivity contribution is 5.81. The highest BCUT2D eigenvalue weighted by atomic mass is 16.5. The van der Waals surface area contributed by atoms with E-state index in [2.05, 4.69) is 5.32 Å². The summed E-state index contributed by atoms with van der Waals surface area (Å²) >= 11 is 0. The average Bonchev–Trinajstić information content (AvgIpc) is 2.34. The third-order valence-electron chi connectivity index (χ3n) is 2.47. The lowest BCUT2D eigenvalue weighted by Crippen LogP contribution is -2.29. The Morgan fingerprint density at radius 3 is 2.60 bits per heavy atom. The minimum Gasteiger partial charge on any atom is -0.443 e. The Labute approximate surface area is 119 Å². The summed E-state index contributed by atoms with van der Waals surface area (Å²) in [4.78, 5) is 22.2. The van der Waals surface area contributed by atoms with Gasteiger partial charge in [0.25, 0.3) is 0 Å². The summed E-state index contributed by atoms with van der Waals surface area (Å²) in [5.74, 6) is 5.32. The molecule has 0 aliphatic carbocycles. The normalized spacial score (nSPS) is 12.7. The van der Waals surface area contributed by atoms with Crippen LogP contribution in [0.5, 0.6) is 0 Å². The fourth-order valence-electron chi connectivity index (χ4n) is 1.38. The molecule has 0 aliphatic rings. The third kappa shape index (κ3) is 10.2. The SMILES string of the molecule is CC(=O)C(N)CCCCNC(=O)OC/C(N)=C/N(C)N. The molecule has 0 spiro atoms. The van der Waals surface area contributed by atoms with Gasteiger partial charge in [0.2, 0.25) is 0 Å². The van der Waals surface area contributed by atoms with Crippen LogP contribution in [0, 0.1) is 0 Å². The van der Waals surface area contributed by atoms with Crippen molar-refractivity contribution in [1.29, 1.82) is 0 Å². The van der Waals surface area contributed by atoms with Gasteiger partial charge >= 0.3 is 6.09 Å². The van der Waals surface area contributed by atoms with Crippen molar-refractivity contribution in [2.24, 2.45) is 17.3 Å². The van der Waals surface area contributed by atoms with Crippen molar-refractivity contribution in [2.75, 3.05) is 20.2 Å². The molecule has 0 saturated carbocycles. The van der Waals surface area contributed by atoms with Gasteiger partial charge in [0.05, 0.1) is 11.7 Å². The Bertz CT molecular complexity index is 344. The number of carbonyl (C=O) groups excluding carboxylic acids is 2. The fraction of sp³-hybridized carbons (Fsp3) is 0.667. The van der Waals surface area contributed by atoms with Crippen LogP contribution in [0.25, 0.3) is 0 Å². The van der Waals surface area contributed by atoms with Crippen LogP contribution in [0.4, 0.5) is 4.79 Å². The summed E-state index contributed by atoms with van der Waals surface area (Å²) in [5, 5.41) is 3.85. The van der Waals surface area contributed by atoms with Crippen molar-refractivity contribution in [3.05, 3.63) is 11.9 Å². The molecule has 0 radical (unpaired) electrons. The van der Waals surface area contributed by atoms with Gasteiger partial charge in [-0.3, -0.25) is 4.79 Å². The predicted octanol–water partition coefficient (Wildman–Crippen LogP) is -0.595. The molecule has 0 saturated heterocycles. The van der Waals surface area contributed by atoms with Crippen molar-refractivity contribution in [3.8, 4) is 0 Å². The number of hydrazine groups is 1. The Kier molecular flexibility index (Phi) is 9.14. The first kappa shape index (κ1) is 18.2. The second-order valence-electron chi connectivity index (χ2n) is 4.59. The van der Waals surface area contributed by atoms with Gasteiger partial charge in [-0.15, -0.1) is 0 Å². The number of nitrogens with zero attached hydrogens (tertiary/aromatic N) is 1. The van der Waals surface area contributed by atoms with E-state index >= 15 is 0 Å². The molecule has 8 heteroatoms. The summed E-state index contributed by atoms with van der Waals surface area (Å²) in [6.45, 7) is 1.91. The maximum absolute atomic E-state index is 11.3. The summed E-state index contributed by atoms with van der Waals surface area (Å²) in [6, 6.07) is -0.417. The van der Waals surface area contributed by atoms with E-state index in [1.54, 1.807) is 7.05 Å². The number of hydrogen-bond donors (Lipinski definition) is 4. The predicted molar refractivity (Wildman–Crippen MR) is 76.1 cm³/mol. The molecule has 0 aromatic rings. The van der Waals surface area contributed by atoms with Crippen LogP contribution in [0.15, 0.2) is 11.9 Å². The first-order valence-electron chi connectivity index (χ1n) is 6.43. The smallest absolute Gasteiger partial charge is 0.407 e. The van der Waals surface area contributed by atoms with Crippen molar-refractivity contribution < 1.29 is 14.3 Å². The number of hydrogen-bond acceptors (Lipinski definition) is 7. The molecule has 0 fully saturated rings. The van der Waals surface area contributed by atoms with E-state index < -0.39 is 12.1 Å². The molecule has 0 bridgehead atoms. The maximum atomic E-state index is 11.3. The molecule has 1 amide bonds. The number of Topliss-reactive ketones (excluding diaryl/α,β-unsaturated/α-hetero) is 1. The first-order valence-corrected chi connectivity index (χ1v) is 6.43. The van der Waals surface area contributed by atoms with E-state index in [0.29, 0.717) is 18.7 Å². The van der Waals surface area contributed by atoms with E-state index in [1.165, 1.54) is 18.1 Å². The Balaban J connectivity index is 3.62. The van der Waals surface area contributed by atoms with Gasteiger partial charge in [-0.2, -0.15) is 0 Å². The summed E-state index contributed by atoms with van der Waals surface area (Å²) in [6.07, 6.45) is 3.02. The second kappa shape index (κ2) is 10.0. The molecule has 0 aliphatic heterocycles. The number of unbranched alkanes of at least 4 members (excludes halogenated alkanes) is 1. The van der Waals surface area contributed by atoms with E-state index in [9.17, 15) is 9.59 Å². The Hall–Kier alpha value is -1.80. The number of ether oxygens (including phenoxy) is 1. The van der Waals surface area contributed by atoms with Gasteiger partial charge in [-0.1, -0.05) is 0 Å². The highest BCUT2D eigenvalue weighted by Crippen LogP contribution is 1.99. The third-order valence-corrected chi connectivity index (χ3v) is 2.47. The van der Waals surface area contributed by atoms with Crippen molar-refractivity contribution in [1.82, 2.24) is 10.3 Å². The highest BCUT2D eigenvalue weighted by Gasteiger charge is 2.07. The molecule has 8 nitrogen and oxygen atoms in total. The van der Waals surface area contributed by atoms with E-state index in [-0.39, 0.29) is 12.4 Å². The molecule has 0 aromatic carbocycles. The standard InChI is InChI=1S/C12H25N5O3/c1-9(18)11(14)5-3-4-6-16-12(19)20-8-10(13)7-17(2)15/h7,11H,3-6,8,13-15H2,1-2H3,(H,16,19)/b10-7-. The van der Waals surface area contributed by atoms with Crippen LogP contribution in [0.2, 0.25) is 0 Å². The van der Waals surface area contributed by atoms with Crippen LogP contribution in [-0.4, -0.2) is 43.1 Å². The number of rotatable bonds is 9. The fourth-order valence-corrected chi connectivity index (χ4v) is 1.38. The zero-order valence-electron chi connectivity index (χ0n) is 12.1. The van der Waals surface area contributed by atoms with E-state index in [4.69, 9.17) is 22.0 Å². The number of amides is 1. The largest absolute Gasteiger partial charge is 0.443 e. The van der Waals surface area contributed by atoms with Crippen LogP contribution in [0.1, 0.15) is 26.2 Å². The van der Waals surface area contributed by atoms with Gasteiger partial charge in [0, 0.05) is 19.8 Å². The second-order valence-corrected chi connectivity index (χ2v) is 4.59. The van der Waals surface area contributed by atoms with Gasteiger partial charge < -0.3 is 26.5 Å². The van der Waals surface area contributed by atoms with Crippen LogP contribution in [0.3, 0.4) is 0 Å². The lowest BCUT2D eigenvalue weighted by atomic mass is 10.1. The van der Waals surface area contributed by atoms with Gasteiger partial charge in [0.15, 0.2) is 0 Å². The topological polar surface area (TPSA) is 137 Å². The Morgan fingerprint density at radius 2 is 2.05 bits per heavy atom. The van der Waals surface area contributed by atoms with Crippen molar-refractivity contribution >= 4 is 11.9 Å². The minimum absolute atomic E-state index is 0.0236. The molecule has 1 atom stereocenters. The molecule has 0 rings (SSSR count). The number of carbonyl (C=O) groups is 2. The quantitative estimate of drug-likeness (QED) is 0.252. The monoisotopic (exact) mass is 287 g/mol. The summed E-state index contributed by atoms with van der Waals surface area (Å²) < 4.78 is 4.87. The molecule has 7 N–H and O–H groups in total. The molecule has 1 unspecified atom stereocenters. The first-order chi connectivity index (χ1) is 9.32. The van der Waals surface area contributed by atoms with Gasteiger partial charge in [-0.05, 0) is 26.2 Å². The zero-order valence-corrected chi connectivity index (χ0v) is 12.1. The number of ketones is 1. The Morgan fingerprint density at radius 1 is 1.40 bits per heavy atom. The lowest BCUT2D eigenvalue weighted by molar-refractivity contribution is -0.118. The molecular formula is C12H25N5O3. The number of nitrogens with one attached hydrogen (secondary N) is 1. The molecule has 20 heavy (non-hydrogen) atoms. The average molecular weight is 287 g/mol. The van der Waals surface area contributed by atoms with Crippen LogP contribution >= 0.6 is 0 Å². The number of nitrogens with two attached hydrogens (primary N) is 3. The van der Waals surface area contributed by atoms with Gasteiger partial charge in [-0.25, -0.2) is 10.6 Å². The van der Waals surface area contributed by atoms with Crippen LogP contribution < -0.4 is 22.6 Å². The van der Waals surface area contributed by atoms with E-state index in [1.807, 2.05) is 0 Å².